The number of nitriles is 1. The van der Waals surface area contributed by atoms with E-state index in [1.54, 1.807) is 6.07 Å². The van der Waals surface area contributed by atoms with Gasteiger partial charge in [0.1, 0.15) is 6.07 Å². The van der Waals surface area contributed by atoms with Crippen LogP contribution in [-0.4, -0.2) is 6.10 Å². The Bertz CT molecular complexity index is 378. The third-order valence-electron chi connectivity index (χ3n) is 1.77. The van der Waals surface area contributed by atoms with Crippen molar-refractivity contribution in [1.29, 1.82) is 5.26 Å². The predicted molar refractivity (Wildman–Crippen MR) is 50.0 cm³/mol. The highest BCUT2D eigenvalue weighted by Gasteiger charge is 2.14. The molecular weight excluding hydrogens is 202 g/mol. The molecule has 1 unspecified atom stereocenters. The Morgan fingerprint density at radius 3 is 2.40 bits per heavy atom. The van der Waals surface area contributed by atoms with Crippen molar-refractivity contribution in [3.8, 4) is 11.8 Å². The number of halogens is 2. The molecule has 5 heteroatoms. The molecule has 0 saturated carbocycles. The minimum Gasteiger partial charge on any atom is -0.470 e. The Labute approximate surface area is 86.1 Å². The fourth-order valence-electron chi connectivity index (χ4n) is 1.05. The van der Waals surface area contributed by atoms with Gasteiger partial charge in [-0.3, -0.25) is 0 Å². The number of nitrogens with two attached hydrogens (primary N) is 1. The molecular formula is C10H10F2N2O. The first-order valence-corrected chi connectivity index (χ1v) is 4.32. The van der Waals surface area contributed by atoms with Gasteiger partial charge in [0.2, 0.25) is 0 Å². The average molecular weight is 212 g/mol. The van der Waals surface area contributed by atoms with Gasteiger partial charge in [0.05, 0.1) is 0 Å². The number of nitrogens with zero attached hydrogens (tertiary/aromatic N) is 1. The van der Waals surface area contributed by atoms with Gasteiger partial charge >= 0.3 is 0 Å². The monoisotopic (exact) mass is 212 g/mol. The number of ether oxygens (including phenoxy) is 1. The van der Waals surface area contributed by atoms with Crippen molar-refractivity contribution in [1.82, 2.24) is 0 Å². The van der Waals surface area contributed by atoms with Gasteiger partial charge in [-0.05, 0) is 24.6 Å². The summed E-state index contributed by atoms with van der Waals surface area (Å²) in [4.78, 5) is 0. The Kier molecular flexibility index (Phi) is 3.58. The molecule has 0 aliphatic rings. The van der Waals surface area contributed by atoms with Gasteiger partial charge in [0.25, 0.3) is 0 Å². The Morgan fingerprint density at radius 1 is 1.47 bits per heavy atom. The normalized spacial score (nSPS) is 11.9. The van der Waals surface area contributed by atoms with Crippen LogP contribution in [-0.2, 0) is 6.54 Å². The van der Waals surface area contributed by atoms with Crippen molar-refractivity contribution < 1.29 is 13.5 Å². The molecule has 1 aromatic rings. The maximum Gasteiger partial charge on any atom is 0.192 e. The molecule has 15 heavy (non-hydrogen) atoms. The molecule has 0 aliphatic carbocycles. The maximum atomic E-state index is 13.3. The zero-order chi connectivity index (χ0) is 11.4. The van der Waals surface area contributed by atoms with E-state index in [0.717, 1.165) is 12.1 Å². The zero-order valence-electron chi connectivity index (χ0n) is 8.13. The van der Waals surface area contributed by atoms with Crippen molar-refractivity contribution in [2.75, 3.05) is 0 Å². The Morgan fingerprint density at radius 2 is 2.00 bits per heavy atom. The fraction of sp³-hybridized carbons (Fsp3) is 0.300. The zero-order valence-corrected chi connectivity index (χ0v) is 8.13. The highest BCUT2D eigenvalue weighted by Crippen LogP contribution is 2.24. The summed E-state index contributed by atoms with van der Waals surface area (Å²) in [6.07, 6.45) is -0.905. The summed E-state index contributed by atoms with van der Waals surface area (Å²) in [6, 6.07) is 3.89. The largest absolute Gasteiger partial charge is 0.470 e. The van der Waals surface area contributed by atoms with Crippen molar-refractivity contribution in [2.45, 2.75) is 19.6 Å². The first-order valence-electron chi connectivity index (χ1n) is 4.32. The lowest BCUT2D eigenvalue weighted by molar-refractivity contribution is 0.249. The SMILES string of the molecule is CC(C#N)Oc1c(F)cc(CN)cc1F. The van der Waals surface area contributed by atoms with Crippen molar-refractivity contribution in [2.24, 2.45) is 5.73 Å². The van der Waals surface area contributed by atoms with Gasteiger partial charge in [-0.25, -0.2) is 8.78 Å². The molecule has 80 valence electrons. The van der Waals surface area contributed by atoms with E-state index in [4.69, 9.17) is 15.7 Å². The number of rotatable bonds is 3. The second kappa shape index (κ2) is 4.71. The molecule has 1 rings (SSSR count). The Balaban J connectivity index is 3.04. The molecule has 3 nitrogen and oxygen atoms in total. The van der Waals surface area contributed by atoms with E-state index >= 15 is 0 Å². The maximum absolute atomic E-state index is 13.3. The molecule has 0 amide bonds. The van der Waals surface area contributed by atoms with Crippen LogP contribution in [0.1, 0.15) is 12.5 Å². The third-order valence-corrected chi connectivity index (χ3v) is 1.77. The highest BCUT2D eigenvalue weighted by atomic mass is 19.1. The second-order valence-corrected chi connectivity index (χ2v) is 2.98. The van der Waals surface area contributed by atoms with E-state index in [0.29, 0.717) is 5.56 Å². The summed E-state index contributed by atoms with van der Waals surface area (Å²) in [5.41, 5.74) is 5.57. The lowest BCUT2D eigenvalue weighted by Gasteiger charge is -2.10. The topological polar surface area (TPSA) is 59.0 Å². The molecule has 2 N–H and O–H groups in total. The lowest BCUT2D eigenvalue weighted by atomic mass is 10.2. The van der Waals surface area contributed by atoms with E-state index in [1.807, 2.05) is 0 Å². The number of hydrogen-bond donors (Lipinski definition) is 1. The van der Waals surface area contributed by atoms with Gasteiger partial charge in [-0.15, -0.1) is 0 Å². The first-order chi connectivity index (χ1) is 7.08. The van der Waals surface area contributed by atoms with Crippen LogP contribution in [0.4, 0.5) is 8.78 Å². The highest BCUT2D eigenvalue weighted by molar-refractivity contribution is 5.31. The summed E-state index contributed by atoms with van der Waals surface area (Å²) in [6.45, 7) is 1.44. The molecule has 0 heterocycles. The van der Waals surface area contributed by atoms with Crippen LogP contribution in [0.5, 0.6) is 5.75 Å². The predicted octanol–water partition coefficient (Wildman–Crippen LogP) is 1.71. The number of hydrogen-bond acceptors (Lipinski definition) is 3. The summed E-state index contributed by atoms with van der Waals surface area (Å²) >= 11 is 0. The van der Waals surface area contributed by atoms with Crippen LogP contribution in [0, 0.1) is 23.0 Å². The summed E-state index contributed by atoms with van der Waals surface area (Å²) in [5, 5.41) is 8.44. The minimum atomic E-state index is -0.905. The van der Waals surface area contributed by atoms with Gasteiger partial charge in [0.15, 0.2) is 23.5 Å². The molecule has 0 bridgehead atoms. The smallest absolute Gasteiger partial charge is 0.192 e. The molecule has 1 aromatic carbocycles. The van der Waals surface area contributed by atoms with Crippen LogP contribution in [0.15, 0.2) is 12.1 Å². The minimum absolute atomic E-state index is 0.0436. The van der Waals surface area contributed by atoms with Crippen LogP contribution in [0.25, 0.3) is 0 Å². The van der Waals surface area contributed by atoms with Crippen LogP contribution < -0.4 is 10.5 Å². The molecule has 0 saturated heterocycles. The van der Waals surface area contributed by atoms with Crippen molar-refractivity contribution in [3.63, 3.8) is 0 Å². The summed E-state index contributed by atoms with van der Waals surface area (Å²) in [7, 11) is 0. The molecule has 0 aliphatic heterocycles. The quantitative estimate of drug-likeness (QED) is 0.829. The molecule has 0 fully saturated rings. The van der Waals surface area contributed by atoms with E-state index in [2.05, 4.69) is 0 Å². The molecule has 0 aromatic heterocycles. The van der Waals surface area contributed by atoms with E-state index in [9.17, 15) is 8.78 Å². The number of benzene rings is 1. The van der Waals surface area contributed by atoms with Gasteiger partial charge in [0, 0.05) is 6.54 Å². The van der Waals surface area contributed by atoms with Crippen molar-refractivity contribution >= 4 is 0 Å². The average Bonchev–Trinajstić information content (AvgIpc) is 2.22. The van der Waals surface area contributed by atoms with E-state index in [-0.39, 0.29) is 6.54 Å². The van der Waals surface area contributed by atoms with Gasteiger partial charge < -0.3 is 10.5 Å². The van der Waals surface area contributed by atoms with Gasteiger partial charge in [-0.1, -0.05) is 0 Å². The lowest BCUT2D eigenvalue weighted by Crippen LogP contribution is -2.11. The van der Waals surface area contributed by atoms with Crippen molar-refractivity contribution in [3.05, 3.63) is 29.3 Å². The van der Waals surface area contributed by atoms with E-state index < -0.39 is 23.5 Å². The van der Waals surface area contributed by atoms with Crippen LogP contribution in [0.3, 0.4) is 0 Å². The standard InChI is InChI=1S/C10H10F2N2O/c1-6(4-13)15-10-8(11)2-7(5-14)3-9(10)12/h2-3,6H,5,14H2,1H3. The molecule has 0 spiro atoms. The molecule has 1 atom stereocenters. The van der Waals surface area contributed by atoms with E-state index in [1.165, 1.54) is 6.92 Å². The third kappa shape index (κ3) is 2.64. The summed E-state index contributed by atoms with van der Waals surface area (Å²) < 4.78 is 31.3. The van der Waals surface area contributed by atoms with Crippen LogP contribution in [0.2, 0.25) is 0 Å². The first kappa shape index (κ1) is 11.4. The fourth-order valence-corrected chi connectivity index (χ4v) is 1.05. The van der Waals surface area contributed by atoms with Crippen LogP contribution >= 0.6 is 0 Å². The Hall–Kier alpha value is -1.67. The second-order valence-electron chi connectivity index (χ2n) is 2.98. The molecule has 0 radical (unpaired) electrons. The van der Waals surface area contributed by atoms with Gasteiger partial charge in [-0.2, -0.15) is 5.26 Å². The summed E-state index contributed by atoms with van der Waals surface area (Å²) in [5.74, 6) is -2.24.